The quantitative estimate of drug-likeness (QED) is 0.786. The number of nitrogens with zero attached hydrogens (tertiary/aromatic N) is 1. The number of hydrogen-bond acceptors (Lipinski definition) is 3. The fourth-order valence-corrected chi connectivity index (χ4v) is 2.18. The van der Waals surface area contributed by atoms with E-state index in [0.29, 0.717) is 0 Å². The number of benzene rings is 1. The lowest BCUT2D eigenvalue weighted by Crippen LogP contribution is -2.40. The van der Waals surface area contributed by atoms with Crippen molar-refractivity contribution in [2.24, 2.45) is 0 Å². The zero-order valence-corrected chi connectivity index (χ0v) is 9.23. The summed E-state index contributed by atoms with van der Waals surface area (Å²) in [4.78, 5) is 2.18. The van der Waals surface area contributed by atoms with Crippen LogP contribution in [0.25, 0.3) is 0 Å². The highest BCUT2D eigenvalue weighted by Crippen LogP contribution is 2.29. The van der Waals surface area contributed by atoms with Gasteiger partial charge >= 0.3 is 0 Å². The molecule has 0 aliphatic carbocycles. The lowest BCUT2D eigenvalue weighted by atomic mass is 9.94. The zero-order valence-electron chi connectivity index (χ0n) is 9.23. The van der Waals surface area contributed by atoms with Crippen LogP contribution in [0, 0.1) is 0 Å². The van der Waals surface area contributed by atoms with E-state index in [1.165, 1.54) is 11.1 Å². The summed E-state index contributed by atoms with van der Waals surface area (Å²) in [6.45, 7) is 1.09. The third-order valence-corrected chi connectivity index (χ3v) is 3.14. The van der Waals surface area contributed by atoms with Gasteiger partial charge in [0.25, 0.3) is 0 Å². The maximum atomic E-state index is 9.27. The Morgan fingerprint density at radius 1 is 1.53 bits per heavy atom. The Morgan fingerprint density at radius 2 is 2.33 bits per heavy atom. The molecule has 0 amide bonds. The van der Waals surface area contributed by atoms with E-state index in [9.17, 15) is 5.11 Å². The number of methoxy groups -OCH3 is 1. The van der Waals surface area contributed by atoms with Gasteiger partial charge in [-0.25, -0.2) is 0 Å². The van der Waals surface area contributed by atoms with Gasteiger partial charge in [-0.2, -0.15) is 0 Å². The number of likely N-dealkylation sites (N-methyl/N-ethyl adjacent to an activating group) is 1. The summed E-state index contributed by atoms with van der Waals surface area (Å²) in [5.41, 5.74) is 2.55. The van der Waals surface area contributed by atoms with E-state index in [2.05, 4.69) is 11.0 Å². The first-order chi connectivity index (χ1) is 7.26. The maximum absolute atomic E-state index is 9.27. The number of rotatable bonds is 2. The van der Waals surface area contributed by atoms with E-state index in [-0.39, 0.29) is 12.6 Å². The number of aliphatic hydroxyl groups is 1. The summed E-state index contributed by atoms with van der Waals surface area (Å²) < 4.78 is 5.34. The second kappa shape index (κ2) is 4.21. The minimum absolute atomic E-state index is 0.202. The van der Waals surface area contributed by atoms with Crippen molar-refractivity contribution in [2.75, 3.05) is 20.8 Å². The second-order valence-electron chi connectivity index (χ2n) is 4.05. The molecule has 3 nitrogen and oxygen atoms in total. The van der Waals surface area contributed by atoms with E-state index in [1.807, 2.05) is 19.2 Å². The molecule has 0 bridgehead atoms. The number of hydrogen-bond donors (Lipinski definition) is 1. The molecule has 3 heteroatoms. The minimum Gasteiger partial charge on any atom is -0.496 e. The van der Waals surface area contributed by atoms with Crippen LogP contribution in [0.15, 0.2) is 18.2 Å². The summed E-state index contributed by atoms with van der Waals surface area (Å²) in [6.07, 6.45) is 0.867. The van der Waals surface area contributed by atoms with Crippen LogP contribution in [0.5, 0.6) is 5.75 Å². The highest BCUT2D eigenvalue weighted by atomic mass is 16.5. The fourth-order valence-electron chi connectivity index (χ4n) is 2.18. The molecule has 2 rings (SSSR count). The molecule has 1 aliphatic heterocycles. The SMILES string of the molecule is COc1cccc2c1C[C@@H](CO)N(C)C2. The van der Waals surface area contributed by atoms with Crippen molar-refractivity contribution in [3.05, 3.63) is 29.3 Å². The molecule has 1 aromatic rings. The van der Waals surface area contributed by atoms with Gasteiger partial charge in [0.1, 0.15) is 5.75 Å². The molecule has 0 unspecified atom stereocenters. The van der Waals surface area contributed by atoms with Gasteiger partial charge in [0.2, 0.25) is 0 Å². The molecule has 0 aromatic heterocycles. The van der Waals surface area contributed by atoms with Gasteiger partial charge in [-0.3, -0.25) is 4.90 Å². The molecule has 0 radical (unpaired) electrons. The van der Waals surface area contributed by atoms with Crippen LogP contribution in [-0.4, -0.2) is 36.8 Å². The summed E-state index contributed by atoms with van der Waals surface area (Å²) >= 11 is 0. The van der Waals surface area contributed by atoms with Gasteiger partial charge in [-0.15, -0.1) is 0 Å². The van der Waals surface area contributed by atoms with Crippen LogP contribution in [0.2, 0.25) is 0 Å². The highest BCUT2D eigenvalue weighted by Gasteiger charge is 2.24. The molecular formula is C12H17NO2. The molecule has 1 aromatic carbocycles. The van der Waals surface area contributed by atoms with Crippen LogP contribution in [0.3, 0.4) is 0 Å². The van der Waals surface area contributed by atoms with Crippen molar-refractivity contribution < 1.29 is 9.84 Å². The predicted octanol–water partition coefficient (Wildman–Crippen LogP) is 1.04. The largest absolute Gasteiger partial charge is 0.496 e. The highest BCUT2D eigenvalue weighted by molar-refractivity contribution is 5.42. The Labute approximate surface area is 90.3 Å². The Balaban J connectivity index is 2.36. The van der Waals surface area contributed by atoms with Crippen LogP contribution in [0.4, 0.5) is 0 Å². The van der Waals surface area contributed by atoms with Crippen molar-refractivity contribution >= 4 is 0 Å². The summed E-state index contributed by atoms with van der Waals surface area (Å²) in [6, 6.07) is 6.35. The zero-order chi connectivity index (χ0) is 10.8. The number of ether oxygens (including phenoxy) is 1. The van der Waals surface area contributed by atoms with E-state index >= 15 is 0 Å². The summed E-state index contributed by atoms with van der Waals surface area (Å²) in [7, 11) is 3.74. The van der Waals surface area contributed by atoms with Crippen molar-refractivity contribution in [1.29, 1.82) is 0 Å². The van der Waals surface area contributed by atoms with E-state index in [1.54, 1.807) is 7.11 Å². The molecule has 1 heterocycles. The Bertz CT molecular complexity index is 351. The van der Waals surface area contributed by atoms with Crippen LogP contribution >= 0.6 is 0 Å². The van der Waals surface area contributed by atoms with Crippen molar-refractivity contribution in [2.45, 2.75) is 19.0 Å². The number of aliphatic hydroxyl groups excluding tert-OH is 1. The molecule has 0 spiro atoms. The van der Waals surface area contributed by atoms with Crippen molar-refractivity contribution in [1.82, 2.24) is 4.90 Å². The molecule has 0 saturated carbocycles. The molecule has 15 heavy (non-hydrogen) atoms. The fraction of sp³-hybridized carbons (Fsp3) is 0.500. The van der Waals surface area contributed by atoms with Gasteiger partial charge < -0.3 is 9.84 Å². The standard InChI is InChI=1S/C12H17NO2/c1-13-7-9-4-3-5-12(15-2)11(9)6-10(13)8-14/h3-5,10,14H,6-8H2,1-2H3/t10-/m0/s1. The third-order valence-electron chi connectivity index (χ3n) is 3.14. The maximum Gasteiger partial charge on any atom is 0.122 e. The van der Waals surface area contributed by atoms with E-state index in [0.717, 1.165) is 18.7 Å². The minimum atomic E-state index is 0.202. The average molecular weight is 207 g/mol. The average Bonchev–Trinajstić information content (AvgIpc) is 2.27. The van der Waals surface area contributed by atoms with Crippen molar-refractivity contribution in [3.8, 4) is 5.75 Å². The van der Waals surface area contributed by atoms with Gasteiger partial charge in [0, 0.05) is 18.2 Å². The molecule has 1 aliphatic rings. The molecule has 0 fully saturated rings. The monoisotopic (exact) mass is 207 g/mol. The Hall–Kier alpha value is -1.06. The Morgan fingerprint density at radius 3 is 3.00 bits per heavy atom. The van der Waals surface area contributed by atoms with Crippen LogP contribution in [0.1, 0.15) is 11.1 Å². The summed E-state index contributed by atoms with van der Waals surface area (Å²) in [5.74, 6) is 0.944. The first kappa shape index (κ1) is 10.5. The lowest BCUT2D eigenvalue weighted by Gasteiger charge is -2.33. The Kier molecular flexibility index (Phi) is 2.93. The smallest absolute Gasteiger partial charge is 0.122 e. The topological polar surface area (TPSA) is 32.7 Å². The van der Waals surface area contributed by atoms with E-state index in [4.69, 9.17) is 4.74 Å². The van der Waals surface area contributed by atoms with E-state index < -0.39 is 0 Å². The molecular weight excluding hydrogens is 190 g/mol. The van der Waals surface area contributed by atoms with Crippen molar-refractivity contribution in [3.63, 3.8) is 0 Å². The third kappa shape index (κ3) is 1.85. The van der Waals surface area contributed by atoms with Gasteiger partial charge in [0.15, 0.2) is 0 Å². The van der Waals surface area contributed by atoms with Gasteiger partial charge in [0.05, 0.1) is 13.7 Å². The van der Waals surface area contributed by atoms with Gasteiger partial charge in [-0.05, 0) is 25.1 Å². The normalized spacial score (nSPS) is 21.1. The molecule has 1 atom stereocenters. The summed E-state index contributed by atoms with van der Waals surface area (Å²) in [5, 5.41) is 9.27. The number of fused-ring (bicyclic) bond motifs is 1. The second-order valence-corrected chi connectivity index (χ2v) is 4.05. The first-order valence-electron chi connectivity index (χ1n) is 5.22. The molecule has 82 valence electrons. The van der Waals surface area contributed by atoms with Crippen LogP contribution in [-0.2, 0) is 13.0 Å². The predicted molar refractivity (Wildman–Crippen MR) is 59.0 cm³/mol. The molecule has 1 N–H and O–H groups in total. The van der Waals surface area contributed by atoms with Crippen LogP contribution < -0.4 is 4.74 Å². The lowest BCUT2D eigenvalue weighted by molar-refractivity contribution is 0.130. The molecule has 0 saturated heterocycles. The first-order valence-corrected chi connectivity index (χ1v) is 5.22. The van der Waals surface area contributed by atoms with Gasteiger partial charge in [-0.1, -0.05) is 12.1 Å².